The Morgan fingerprint density at radius 3 is 1.81 bits per heavy atom. The van der Waals surface area contributed by atoms with Crippen LogP contribution in [0.2, 0.25) is 5.02 Å². The number of hydrogen-bond donors (Lipinski definition) is 0. The third-order valence-electron chi connectivity index (χ3n) is 3.17. The quantitative estimate of drug-likeness (QED) is 0.746. The lowest BCUT2D eigenvalue weighted by Crippen LogP contribution is -1.97. The molecule has 1 unspecified atom stereocenters. The SMILES string of the molecule is COc1ccc(C(Cl)c2ccc(OC)c(OC)c2)cc1Cl. The van der Waals surface area contributed by atoms with E-state index in [0.717, 1.165) is 11.1 Å². The Labute approximate surface area is 134 Å². The summed E-state index contributed by atoms with van der Waals surface area (Å²) in [6, 6.07) is 11.1. The Bertz CT molecular complexity index is 629. The van der Waals surface area contributed by atoms with Gasteiger partial charge in [-0.2, -0.15) is 0 Å². The normalized spacial score (nSPS) is 11.9. The first kappa shape index (κ1) is 15.8. The van der Waals surface area contributed by atoms with E-state index in [1.54, 1.807) is 33.5 Å². The first-order valence-electron chi connectivity index (χ1n) is 6.30. The zero-order chi connectivity index (χ0) is 15.4. The molecule has 0 amide bonds. The van der Waals surface area contributed by atoms with Crippen LogP contribution in [-0.4, -0.2) is 21.3 Å². The summed E-state index contributed by atoms with van der Waals surface area (Å²) in [5.41, 5.74) is 1.78. The highest BCUT2D eigenvalue weighted by atomic mass is 35.5. The van der Waals surface area contributed by atoms with Crippen molar-refractivity contribution in [2.75, 3.05) is 21.3 Å². The van der Waals surface area contributed by atoms with Gasteiger partial charge in [0.2, 0.25) is 0 Å². The molecule has 2 rings (SSSR count). The van der Waals surface area contributed by atoms with Crippen LogP contribution in [0.5, 0.6) is 17.2 Å². The molecule has 0 N–H and O–H groups in total. The summed E-state index contributed by atoms with van der Waals surface area (Å²) in [7, 11) is 4.77. The van der Waals surface area contributed by atoms with Crippen LogP contribution >= 0.6 is 23.2 Å². The van der Waals surface area contributed by atoms with Crippen LogP contribution < -0.4 is 14.2 Å². The number of alkyl halides is 1. The van der Waals surface area contributed by atoms with E-state index in [1.807, 2.05) is 24.3 Å². The second-order valence-electron chi connectivity index (χ2n) is 4.37. The molecular formula is C16H16Cl2O3. The molecule has 0 saturated heterocycles. The van der Waals surface area contributed by atoms with Crippen molar-refractivity contribution in [1.29, 1.82) is 0 Å². The van der Waals surface area contributed by atoms with Gasteiger partial charge >= 0.3 is 0 Å². The highest BCUT2D eigenvalue weighted by molar-refractivity contribution is 6.32. The monoisotopic (exact) mass is 326 g/mol. The van der Waals surface area contributed by atoms with E-state index in [9.17, 15) is 0 Å². The molecule has 0 heterocycles. The summed E-state index contributed by atoms with van der Waals surface area (Å²) in [6.07, 6.45) is 0. The molecule has 0 fully saturated rings. The molecule has 0 spiro atoms. The molecule has 0 aliphatic rings. The number of ether oxygens (including phenoxy) is 3. The van der Waals surface area contributed by atoms with Crippen LogP contribution in [0.3, 0.4) is 0 Å². The Morgan fingerprint density at radius 1 is 0.762 bits per heavy atom. The average molecular weight is 327 g/mol. The van der Waals surface area contributed by atoms with Gasteiger partial charge in [-0.25, -0.2) is 0 Å². The van der Waals surface area contributed by atoms with Gasteiger partial charge in [-0.1, -0.05) is 23.7 Å². The zero-order valence-electron chi connectivity index (χ0n) is 12.0. The highest BCUT2D eigenvalue weighted by Gasteiger charge is 2.15. The lowest BCUT2D eigenvalue weighted by atomic mass is 10.0. The fraction of sp³-hybridized carbons (Fsp3) is 0.250. The smallest absolute Gasteiger partial charge is 0.161 e. The van der Waals surface area contributed by atoms with Crippen LogP contribution in [0.15, 0.2) is 36.4 Å². The van der Waals surface area contributed by atoms with E-state index >= 15 is 0 Å². The van der Waals surface area contributed by atoms with Gasteiger partial charge in [-0.3, -0.25) is 0 Å². The second-order valence-corrected chi connectivity index (χ2v) is 5.21. The summed E-state index contributed by atoms with van der Waals surface area (Å²) in [4.78, 5) is 0. The van der Waals surface area contributed by atoms with E-state index in [0.29, 0.717) is 22.3 Å². The molecule has 3 nitrogen and oxygen atoms in total. The van der Waals surface area contributed by atoms with Crippen molar-refractivity contribution in [3.63, 3.8) is 0 Å². The minimum absolute atomic E-state index is 0.340. The predicted octanol–water partition coefficient (Wildman–Crippen LogP) is 4.69. The van der Waals surface area contributed by atoms with Gasteiger partial charge in [0.1, 0.15) is 5.75 Å². The maximum Gasteiger partial charge on any atom is 0.161 e. The van der Waals surface area contributed by atoms with Crippen LogP contribution in [0, 0.1) is 0 Å². The number of halogens is 2. The lowest BCUT2D eigenvalue weighted by Gasteiger charge is -2.15. The molecule has 0 aliphatic heterocycles. The summed E-state index contributed by atoms with van der Waals surface area (Å²) in [5, 5.41) is 0.189. The van der Waals surface area contributed by atoms with E-state index < -0.39 is 0 Å². The van der Waals surface area contributed by atoms with E-state index in [4.69, 9.17) is 37.4 Å². The van der Waals surface area contributed by atoms with Crippen LogP contribution in [-0.2, 0) is 0 Å². The van der Waals surface area contributed by atoms with Gasteiger partial charge in [0.15, 0.2) is 11.5 Å². The Kier molecular flexibility index (Phi) is 5.21. The first-order valence-corrected chi connectivity index (χ1v) is 7.11. The third-order valence-corrected chi connectivity index (χ3v) is 3.97. The van der Waals surface area contributed by atoms with Crippen molar-refractivity contribution in [1.82, 2.24) is 0 Å². The first-order chi connectivity index (χ1) is 10.1. The average Bonchev–Trinajstić information content (AvgIpc) is 2.53. The molecule has 21 heavy (non-hydrogen) atoms. The summed E-state index contributed by atoms with van der Waals surface area (Å²) in [6.45, 7) is 0. The molecule has 2 aromatic rings. The highest BCUT2D eigenvalue weighted by Crippen LogP contribution is 2.37. The largest absolute Gasteiger partial charge is 0.495 e. The van der Waals surface area contributed by atoms with Crippen LogP contribution in [0.25, 0.3) is 0 Å². The standard InChI is InChI=1S/C16H16Cl2O3/c1-19-13-6-4-10(8-12(13)17)16(18)11-5-7-14(20-2)15(9-11)21-3/h4-9,16H,1-3H3. The number of rotatable bonds is 5. The Morgan fingerprint density at radius 2 is 1.29 bits per heavy atom. The lowest BCUT2D eigenvalue weighted by molar-refractivity contribution is 0.354. The van der Waals surface area contributed by atoms with Crippen molar-refractivity contribution < 1.29 is 14.2 Å². The van der Waals surface area contributed by atoms with Gasteiger partial charge in [-0.05, 0) is 35.4 Å². The maximum atomic E-state index is 6.53. The van der Waals surface area contributed by atoms with Crippen molar-refractivity contribution in [3.8, 4) is 17.2 Å². The number of methoxy groups -OCH3 is 3. The predicted molar refractivity (Wildman–Crippen MR) is 85.2 cm³/mol. The molecular weight excluding hydrogens is 311 g/mol. The molecule has 112 valence electrons. The fourth-order valence-electron chi connectivity index (χ4n) is 2.04. The van der Waals surface area contributed by atoms with Crippen LogP contribution in [0.1, 0.15) is 16.5 Å². The minimum Gasteiger partial charge on any atom is -0.495 e. The van der Waals surface area contributed by atoms with Gasteiger partial charge < -0.3 is 14.2 Å². The Balaban J connectivity index is 2.35. The fourth-order valence-corrected chi connectivity index (χ4v) is 2.58. The molecule has 5 heteroatoms. The van der Waals surface area contributed by atoms with Crippen molar-refractivity contribution in [2.24, 2.45) is 0 Å². The van der Waals surface area contributed by atoms with E-state index in [2.05, 4.69) is 0 Å². The minimum atomic E-state index is -0.340. The summed E-state index contributed by atoms with van der Waals surface area (Å²) < 4.78 is 15.7. The van der Waals surface area contributed by atoms with Gasteiger partial charge in [0, 0.05) is 0 Å². The van der Waals surface area contributed by atoms with Gasteiger partial charge in [0.25, 0.3) is 0 Å². The Hall–Kier alpha value is -1.58. The molecule has 0 aromatic heterocycles. The maximum absolute atomic E-state index is 6.53. The second kappa shape index (κ2) is 6.92. The van der Waals surface area contributed by atoms with Gasteiger partial charge in [-0.15, -0.1) is 11.6 Å². The summed E-state index contributed by atoms with van der Waals surface area (Å²) >= 11 is 12.7. The zero-order valence-corrected chi connectivity index (χ0v) is 13.5. The van der Waals surface area contributed by atoms with Crippen LogP contribution in [0.4, 0.5) is 0 Å². The van der Waals surface area contributed by atoms with Crippen molar-refractivity contribution in [2.45, 2.75) is 5.38 Å². The van der Waals surface area contributed by atoms with E-state index in [-0.39, 0.29) is 5.38 Å². The van der Waals surface area contributed by atoms with E-state index in [1.165, 1.54) is 0 Å². The van der Waals surface area contributed by atoms with Crippen molar-refractivity contribution >= 4 is 23.2 Å². The number of hydrogen-bond acceptors (Lipinski definition) is 3. The molecule has 0 radical (unpaired) electrons. The molecule has 2 aromatic carbocycles. The molecule has 0 bridgehead atoms. The molecule has 1 atom stereocenters. The number of benzene rings is 2. The van der Waals surface area contributed by atoms with Crippen molar-refractivity contribution in [3.05, 3.63) is 52.5 Å². The topological polar surface area (TPSA) is 27.7 Å². The van der Waals surface area contributed by atoms with Gasteiger partial charge in [0.05, 0.1) is 31.7 Å². The molecule has 0 saturated carbocycles. The molecule has 0 aliphatic carbocycles. The summed E-state index contributed by atoms with van der Waals surface area (Å²) in [5.74, 6) is 1.93. The third kappa shape index (κ3) is 3.36.